The summed E-state index contributed by atoms with van der Waals surface area (Å²) in [6, 6.07) is 12.4. The highest BCUT2D eigenvalue weighted by Crippen LogP contribution is 2.25. The Bertz CT molecular complexity index is 698. The molecule has 2 aromatic rings. The van der Waals surface area contributed by atoms with Crippen molar-refractivity contribution in [1.82, 2.24) is 4.90 Å². The van der Waals surface area contributed by atoms with Crippen LogP contribution < -0.4 is 10.5 Å². The van der Waals surface area contributed by atoms with Gasteiger partial charge in [-0.2, -0.15) is 0 Å². The largest absolute Gasteiger partial charge is 0.573 e. The molecule has 0 amide bonds. The summed E-state index contributed by atoms with van der Waals surface area (Å²) < 4.78 is 40.4. The molecule has 6 heteroatoms. The number of ether oxygens (including phenoxy) is 1. The quantitative estimate of drug-likeness (QED) is 0.927. The lowest BCUT2D eigenvalue weighted by Gasteiger charge is -2.29. The first-order valence-electron chi connectivity index (χ1n) is 7.81. The first kappa shape index (κ1) is 16.8. The molecular weight excluding hydrogens is 317 g/mol. The summed E-state index contributed by atoms with van der Waals surface area (Å²) >= 11 is 0. The Morgan fingerprint density at radius 1 is 1.00 bits per heavy atom. The number of halogens is 3. The zero-order valence-electron chi connectivity index (χ0n) is 13.1. The Kier molecular flexibility index (Phi) is 4.78. The van der Waals surface area contributed by atoms with Crippen LogP contribution in [0.4, 0.5) is 13.2 Å². The van der Waals surface area contributed by atoms with E-state index in [1.165, 1.54) is 23.3 Å². The van der Waals surface area contributed by atoms with Crippen LogP contribution in [0.2, 0.25) is 0 Å². The number of fused-ring (bicyclic) bond motifs is 1. The normalized spacial score (nSPS) is 15.2. The van der Waals surface area contributed by atoms with E-state index in [1.807, 2.05) is 0 Å². The summed E-state index contributed by atoms with van der Waals surface area (Å²) in [6.45, 7) is 2.96. The van der Waals surface area contributed by atoms with Crippen LogP contribution in [0.3, 0.4) is 0 Å². The van der Waals surface area contributed by atoms with Gasteiger partial charge in [-0.3, -0.25) is 4.90 Å². The van der Waals surface area contributed by atoms with Gasteiger partial charge in [0.2, 0.25) is 0 Å². The van der Waals surface area contributed by atoms with Crippen molar-refractivity contribution in [1.29, 1.82) is 0 Å². The highest BCUT2D eigenvalue weighted by molar-refractivity contribution is 5.34. The third kappa shape index (κ3) is 4.27. The van der Waals surface area contributed by atoms with Gasteiger partial charge in [0, 0.05) is 26.2 Å². The number of benzene rings is 2. The second-order valence-electron chi connectivity index (χ2n) is 5.96. The predicted molar refractivity (Wildman–Crippen MR) is 85.3 cm³/mol. The van der Waals surface area contributed by atoms with Crippen LogP contribution in [-0.4, -0.2) is 17.8 Å². The van der Waals surface area contributed by atoms with Gasteiger partial charge in [0.15, 0.2) is 0 Å². The fourth-order valence-electron chi connectivity index (χ4n) is 2.99. The third-order valence-corrected chi connectivity index (χ3v) is 4.16. The van der Waals surface area contributed by atoms with Gasteiger partial charge < -0.3 is 10.5 Å². The van der Waals surface area contributed by atoms with E-state index in [0.717, 1.165) is 30.6 Å². The fourth-order valence-corrected chi connectivity index (χ4v) is 2.99. The van der Waals surface area contributed by atoms with Gasteiger partial charge in [0.05, 0.1) is 0 Å². The molecule has 0 fully saturated rings. The maximum atomic E-state index is 12.2. The Morgan fingerprint density at radius 3 is 2.38 bits per heavy atom. The average molecular weight is 336 g/mol. The lowest BCUT2D eigenvalue weighted by molar-refractivity contribution is -0.274. The van der Waals surface area contributed by atoms with Crippen molar-refractivity contribution in [3.63, 3.8) is 0 Å². The van der Waals surface area contributed by atoms with E-state index in [-0.39, 0.29) is 5.75 Å². The Labute approximate surface area is 138 Å². The second kappa shape index (κ2) is 6.83. The third-order valence-electron chi connectivity index (χ3n) is 4.16. The minimum atomic E-state index is -4.65. The molecule has 0 bridgehead atoms. The number of alkyl halides is 3. The van der Waals surface area contributed by atoms with Gasteiger partial charge in [0.1, 0.15) is 5.75 Å². The van der Waals surface area contributed by atoms with Crippen LogP contribution in [0.1, 0.15) is 22.3 Å². The molecule has 2 aromatic carbocycles. The van der Waals surface area contributed by atoms with Crippen LogP contribution in [0.25, 0.3) is 0 Å². The lowest BCUT2D eigenvalue weighted by Crippen LogP contribution is -2.30. The summed E-state index contributed by atoms with van der Waals surface area (Å²) in [6.07, 6.45) is -3.69. The smallest absolute Gasteiger partial charge is 0.406 e. The lowest BCUT2D eigenvalue weighted by atomic mass is 9.97. The van der Waals surface area contributed by atoms with E-state index in [9.17, 15) is 13.2 Å². The SMILES string of the molecule is NCc1ccc2c(c1)CN(Cc1ccc(OC(F)(F)F)cc1)CC2. The topological polar surface area (TPSA) is 38.5 Å². The highest BCUT2D eigenvalue weighted by Gasteiger charge is 2.31. The summed E-state index contributed by atoms with van der Waals surface area (Å²) in [7, 11) is 0. The summed E-state index contributed by atoms with van der Waals surface area (Å²) in [4.78, 5) is 2.28. The van der Waals surface area contributed by atoms with Crippen LogP contribution >= 0.6 is 0 Å². The molecule has 3 rings (SSSR count). The molecule has 2 N–H and O–H groups in total. The summed E-state index contributed by atoms with van der Waals surface area (Å²) in [5.74, 6) is -0.192. The number of hydrogen-bond acceptors (Lipinski definition) is 3. The van der Waals surface area contributed by atoms with Crippen LogP contribution in [0.5, 0.6) is 5.75 Å². The molecule has 0 unspecified atom stereocenters. The van der Waals surface area contributed by atoms with Gasteiger partial charge >= 0.3 is 6.36 Å². The predicted octanol–water partition coefficient (Wildman–Crippen LogP) is 3.60. The maximum absolute atomic E-state index is 12.2. The zero-order valence-corrected chi connectivity index (χ0v) is 13.1. The number of hydrogen-bond donors (Lipinski definition) is 1. The molecule has 0 atom stereocenters. The minimum Gasteiger partial charge on any atom is -0.406 e. The maximum Gasteiger partial charge on any atom is 0.573 e. The molecule has 0 saturated heterocycles. The summed E-state index contributed by atoms with van der Waals surface area (Å²) in [5, 5.41) is 0. The van der Waals surface area contributed by atoms with E-state index in [4.69, 9.17) is 5.73 Å². The van der Waals surface area contributed by atoms with Crippen LogP contribution in [-0.2, 0) is 26.1 Å². The van der Waals surface area contributed by atoms with Crippen molar-refractivity contribution in [2.75, 3.05) is 6.54 Å². The molecule has 3 nitrogen and oxygen atoms in total. The molecule has 1 aliphatic rings. The molecule has 0 spiro atoms. The monoisotopic (exact) mass is 336 g/mol. The van der Waals surface area contributed by atoms with Gasteiger partial charge in [-0.1, -0.05) is 30.3 Å². The molecule has 0 radical (unpaired) electrons. The van der Waals surface area contributed by atoms with E-state index < -0.39 is 6.36 Å². The molecular formula is C18H19F3N2O. The highest BCUT2D eigenvalue weighted by atomic mass is 19.4. The molecule has 0 aliphatic carbocycles. The van der Waals surface area contributed by atoms with E-state index in [2.05, 4.69) is 27.8 Å². The van der Waals surface area contributed by atoms with Crippen molar-refractivity contribution < 1.29 is 17.9 Å². The van der Waals surface area contributed by atoms with Crippen molar-refractivity contribution in [3.05, 3.63) is 64.7 Å². The van der Waals surface area contributed by atoms with Gasteiger partial charge in [0.25, 0.3) is 0 Å². The Morgan fingerprint density at radius 2 is 1.71 bits per heavy atom. The van der Waals surface area contributed by atoms with Crippen molar-refractivity contribution in [2.24, 2.45) is 5.73 Å². The molecule has 24 heavy (non-hydrogen) atoms. The number of nitrogens with two attached hydrogens (primary N) is 1. The number of rotatable bonds is 4. The van der Waals surface area contributed by atoms with E-state index in [1.54, 1.807) is 12.1 Å². The first-order chi connectivity index (χ1) is 11.4. The molecule has 0 aromatic heterocycles. The van der Waals surface area contributed by atoms with Crippen molar-refractivity contribution in [2.45, 2.75) is 32.4 Å². The van der Waals surface area contributed by atoms with Crippen molar-refractivity contribution >= 4 is 0 Å². The van der Waals surface area contributed by atoms with Crippen LogP contribution in [0, 0.1) is 0 Å². The Balaban J connectivity index is 1.64. The van der Waals surface area contributed by atoms with E-state index in [0.29, 0.717) is 13.1 Å². The van der Waals surface area contributed by atoms with Crippen molar-refractivity contribution in [3.8, 4) is 5.75 Å². The fraction of sp³-hybridized carbons (Fsp3) is 0.333. The van der Waals surface area contributed by atoms with E-state index >= 15 is 0 Å². The van der Waals surface area contributed by atoms with Gasteiger partial charge in [-0.05, 0) is 40.8 Å². The zero-order chi connectivity index (χ0) is 17.2. The second-order valence-corrected chi connectivity index (χ2v) is 5.96. The standard InChI is InChI=1S/C18H19F3N2O/c19-18(20,21)24-17-5-2-13(3-6-17)11-23-8-7-15-4-1-14(10-22)9-16(15)12-23/h1-6,9H,7-8,10-12,22H2. The molecule has 128 valence electrons. The van der Waals surface area contributed by atoms with Gasteiger partial charge in [-0.15, -0.1) is 13.2 Å². The molecule has 1 heterocycles. The first-order valence-corrected chi connectivity index (χ1v) is 7.81. The van der Waals surface area contributed by atoms with Gasteiger partial charge in [-0.25, -0.2) is 0 Å². The average Bonchev–Trinajstić information content (AvgIpc) is 2.54. The van der Waals surface area contributed by atoms with Crippen LogP contribution in [0.15, 0.2) is 42.5 Å². The molecule has 0 saturated carbocycles. The minimum absolute atomic E-state index is 0.192. The summed E-state index contributed by atoms with van der Waals surface area (Å²) in [5.41, 5.74) is 10.4. The molecule has 1 aliphatic heterocycles. The Hall–Kier alpha value is -2.05. The number of nitrogens with zero attached hydrogens (tertiary/aromatic N) is 1.